The number of rotatable bonds is 6. The van der Waals surface area contributed by atoms with Gasteiger partial charge in [0.25, 0.3) is 0 Å². The van der Waals surface area contributed by atoms with Crippen LogP contribution >= 0.6 is 11.3 Å². The van der Waals surface area contributed by atoms with Gasteiger partial charge in [-0.05, 0) is 13.8 Å². The van der Waals surface area contributed by atoms with Crippen molar-refractivity contribution in [2.45, 2.75) is 26.7 Å². The van der Waals surface area contributed by atoms with Crippen LogP contribution in [-0.4, -0.2) is 38.9 Å². The molecule has 1 atom stereocenters. The van der Waals surface area contributed by atoms with Crippen molar-refractivity contribution in [2.75, 3.05) is 18.5 Å². The topological polar surface area (TPSA) is 81.9 Å². The van der Waals surface area contributed by atoms with Crippen LogP contribution in [0.15, 0.2) is 17.8 Å². The smallest absolute Gasteiger partial charge is 0.341 e. The van der Waals surface area contributed by atoms with Crippen LogP contribution in [0.4, 0.5) is 5.69 Å². The Labute approximate surface area is 150 Å². The molecule has 3 aromatic heterocycles. The van der Waals surface area contributed by atoms with Crippen LogP contribution in [0, 0.1) is 6.92 Å². The molecular formula is C17H21N5O2S. The fraction of sp³-hybridized carbons (Fsp3) is 0.412. The Bertz CT molecular complexity index is 902. The van der Waals surface area contributed by atoms with Crippen LogP contribution < -0.4 is 5.32 Å². The molecule has 132 valence electrons. The van der Waals surface area contributed by atoms with Crippen molar-refractivity contribution in [1.82, 2.24) is 19.7 Å². The van der Waals surface area contributed by atoms with Gasteiger partial charge in [-0.1, -0.05) is 6.92 Å². The minimum absolute atomic E-state index is 0.216. The lowest BCUT2D eigenvalue weighted by atomic mass is 10.1. The summed E-state index contributed by atoms with van der Waals surface area (Å²) in [6, 6.07) is 0. The number of aryl methyl sites for hydroxylation is 2. The van der Waals surface area contributed by atoms with Crippen LogP contribution in [0.3, 0.4) is 0 Å². The van der Waals surface area contributed by atoms with E-state index in [0.29, 0.717) is 30.0 Å². The van der Waals surface area contributed by atoms with Gasteiger partial charge in [-0.3, -0.25) is 4.68 Å². The van der Waals surface area contributed by atoms with Crippen molar-refractivity contribution < 1.29 is 9.53 Å². The lowest BCUT2D eigenvalue weighted by Gasteiger charge is -2.15. The molecule has 3 aromatic rings. The van der Waals surface area contributed by atoms with E-state index < -0.39 is 0 Å². The van der Waals surface area contributed by atoms with Crippen LogP contribution in [0.1, 0.15) is 40.8 Å². The van der Waals surface area contributed by atoms with Gasteiger partial charge in [-0.2, -0.15) is 5.10 Å². The molecule has 7 nitrogen and oxygen atoms in total. The number of carbonyl (C=O) groups excluding carboxylic acids is 1. The summed E-state index contributed by atoms with van der Waals surface area (Å²) in [5, 5.41) is 11.5. The number of aromatic nitrogens is 4. The molecule has 25 heavy (non-hydrogen) atoms. The van der Waals surface area contributed by atoms with Crippen molar-refractivity contribution in [1.29, 1.82) is 0 Å². The zero-order chi connectivity index (χ0) is 18.0. The van der Waals surface area contributed by atoms with Gasteiger partial charge in [0.1, 0.15) is 5.56 Å². The number of carbonyl (C=O) groups is 1. The molecule has 0 fully saturated rings. The summed E-state index contributed by atoms with van der Waals surface area (Å²) >= 11 is 1.65. The maximum atomic E-state index is 12.3. The first-order valence-corrected chi connectivity index (χ1v) is 9.03. The van der Waals surface area contributed by atoms with Crippen molar-refractivity contribution >= 4 is 34.0 Å². The van der Waals surface area contributed by atoms with Crippen LogP contribution in [0.2, 0.25) is 0 Å². The highest BCUT2D eigenvalue weighted by Crippen LogP contribution is 2.28. The van der Waals surface area contributed by atoms with E-state index in [4.69, 9.17) is 4.74 Å². The molecule has 3 rings (SSSR count). The molecule has 0 aromatic carbocycles. The predicted octanol–water partition coefficient (Wildman–Crippen LogP) is 3.13. The summed E-state index contributed by atoms with van der Waals surface area (Å²) in [6.45, 7) is 6.84. The van der Waals surface area contributed by atoms with Gasteiger partial charge < -0.3 is 10.1 Å². The molecule has 1 unspecified atom stereocenters. The van der Waals surface area contributed by atoms with Gasteiger partial charge in [0, 0.05) is 36.8 Å². The standard InChI is InChI=1S/C17H21N5O2S/c1-5-24-17(23)13-7-19-15-12(8-20-22(15)4)14(13)18-6-10(2)16-21-11(3)9-25-16/h7-10H,5-6H2,1-4H3,(H,18,19). The first kappa shape index (κ1) is 17.3. The Morgan fingerprint density at radius 3 is 2.92 bits per heavy atom. The van der Waals surface area contributed by atoms with Gasteiger partial charge in [0.15, 0.2) is 5.65 Å². The number of hydrogen-bond acceptors (Lipinski definition) is 7. The normalized spacial score (nSPS) is 12.3. The maximum Gasteiger partial charge on any atom is 0.341 e. The lowest BCUT2D eigenvalue weighted by molar-refractivity contribution is 0.0527. The van der Waals surface area contributed by atoms with Crippen molar-refractivity contribution in [3.05, 3.63) is 34.0 Å². The molecule has 8 heteroatoms. The van der Waals surface area contributed by atoms with E-state index in [2.05, 4.69) is 27.3 Å². The SMILES string of the molecule is CCOC(=O)c1cnc2c(cnn2C)c1NCC(C)c1nc(C)cs1. The largest absolute Gasteiger partial charge is 0.462 e. The minimum Gasteiger partial charge on any atom is -0.462 e. The number of nitrogens with zero attached hydrogens (tertiary/aromatic N) is 4. The van der Waals surface area contributed by atoms with Gasteiger partial charge in [-0.25, -0.2) is 14.8 Å². The fourth-order valence-corrected chi connectivity index (χ4v) is 3.45. The average Bonchev–Trinajstić information content (AvgIpc) is 3.19. The quantitative estimate of drug-likeness (QED) is 0.681. The number of pyridine rings is 1. The second-order valence-corrected chi connectivity index (χ2v) is 6.77. The summed E-state index contributed by atoms with van der Waals surface area (Å²) in [5.74, 6) is -0.172. The van der Waals surface area contributed by atoms with Crippen molar-refractivity contribution in [3.63, 3.8) is 0 Å². The molecule has 0 amide bonds. The number of hydrogen-bond donors (Lipinski definition) is 1. The summed E-state index contributed by atoms with van der Waals surface area (Å²) in [4.78, 5) is 21.2. The van der Waals surface area contributed by atoms with E-state index >= 15 is 0 Å². The number of fused-ring (bicyclic) bond motifs is 1. The molecular weight excluding hydrogens is 338 g/mol. The predicted molar refractivity (Wildman–Crippen MR) is 98.2 cm³/mol. The summed E-state index contributed by atoms with van der Waals surface area (Å²) in [7, 11) is 1.82. The van der Waals surface area contributed by atoms with Crippen molar-refractivity contribution in [3.8, 4) is 0 Å². The molecule has 1 N–H and O–H groups in total. The Balaban J connectivity index is 1.92. The van der Waals surface area contributed by atoms with E-state index in [0.717, 1.165) is 16.1 Å². The van der Waals surface area contributed by atoms with Gasteiger partial charge in [0.2, 0.25) is 0 Å². The average molecular weight is 359 g/mol. The molecule has 0 bridgehead atoms. The van der Waals surface area contributed by atoms with Gasteiger partial charge in [0.05, 0.1) is 28.9 Å². The second-order valence-electron chi connectivity index (χ2n) is 5.88. The molecule has 0 radical (unpaired) electrons. The van der Waals surface area contributed by atoms with Crippen LogP contribution in [0.5, 0.6) is 0 Å². The molecule has 0 aliphatic heterocycles. The number of anilines is 1. The van der Waals surface area contributed by atoms with Crippen molar-refractivity contribution in [2.24, 2.45) is 7.05 Å². The summed E-state index contributed by atoms with van der Waals surface area (Å²) in [6.07, 6.45) is 3.26. The third-order valence-electron chi connectivity index (χ3n) is 3.90. The van der Waals surface area contributed by atoms with Crippen LogP contribution in [0.25, 0.3) is 11.0 Å². The lowest BCUT2D eigenvalue weighted by Crippen LogP contribution is -2.15. The van der Waals surface area contributed by atoms with E-state index in [1.54, 1.807) is 35.3 Å². The molecule has 3 heterocycles. The highest BCUT2D eigenvalue weighted by molar-refractivity contribution is 7.09. The molecule has 0 aliphatic carbocycles. The first-order valence-electron chi connectivity index (χ1n) is 8.15. The number of esters is 1. The highest BCUT2D eigenvalue weighted by Gasteiger charge is 2.19. The summed E-state index contributed by atoms with van der Waals surface area (Å²) < 4.78 is 6.85. The first-order chi connectivity index (χ1) is 12.0. The van der Waals surface area contributed by atoms with E-state index in [-0.39, 0.29) is 11.9 Å². The summed E-state index contributed by atoms with van der Waals surface area (Å²) in [5.41, 5.74) is 2.87. The zero-order valence-electron chi connectivity index (χ0n) is 14.7. The van der Waals surface area contributed by atoms with E-state index in [1.807, 2.05) is 19.4 Å². The van der Waals surface area contributed by atoms with Gasteiger partial charge in [-0.15, -0.1) is 11.3 Å². The second kappa shape index (κ2) is 7.18. The number of thiazole rings is 1. The Hall–Kier alpha value is -2.48. The molecule has 0 spiro atoms. The Kier molecular flexibility index (Phi) is 4.98. The minimum atomic E-state index is -0.388. The van der Waals surface area contributed by atoms with E-state index in [9.17, 15) is 4.79 Å². The molecule has 0 saturated carbocycles. The molecule has 0 aliphatic rings. The Morgan fingerprint density at radius 1 is 1.44 bits per heavy atom. The van der Waals surface area contributed by atoms with Gasteiger partial charge >= 0.3 is 5.97 Å². The third-order valence-corrected chi connectivity index (χ3v) is 5.09. The number of ether oxygens (including phenoxy) is 1. The maximum absolute atomic E-state index is 12.3. The Morgan fingerprint density at radius 2 is 2.24 bits per heavy atom. The van der Waals surface area contributed by atoms with Crippen LogP contribution in [-0.2, 0) is 11.8 Å². The number of nitrogens with one attached hydrogen (secondary N) is 1. The zero-order valence-corrected chi connectivity index (χ0v) is 15.6. The highest BCUT2D eigenvalue weighted by atomic mass is 32.1. The fourth-order valence-electron chi connectivity index (χ4n) is 2.59. The van der Waals surface area contributed by atoms with E-state index in [1.165, 1.54) is 0 Å². The molecule has 0 saturated heterocycles. The monoisotopic (exact) mass is 359 g/mol. The third kappa shape index (κ3) is 3.48.